The lowest BCUT2D eigenvalue weighted by Gasteiger charge is -2.10. The number of rotatable bonds is 4. The Bertz CT molecular complexity index is 913. The third-order valence-corrected chi connectivity index (χ3v) is 5.13. The molecule has 2 N–H and O–H groups in total. The van der Waals surface area contributed by atoms with Crippen molar-refractivity contribution < 1.29 is 9.59 Å². The normalized spacial score (nSPS) is 12.6. The molecule has 0 bridgehead atoms. The first-order valence-electron chi connectivity index (χ1n) is 7.53. The molecule has 1 aliphatic rings. The van der Waals surface area contributed by atoms with Gasteiger partial charge in [-0.2, -0.15) is 0 Å². The largest absolute Gasteiger partial charge is 0.343 e. The Labute approximate surface area is 152 Å². The van der Waals surface area contributed by atoms with Crippen molar-refractivity contribution >= 4 is 40.9 Å². The summed E-state index contributed by atoms with van der Waals surface area (Å²) in [6.45, 7) is 2.05. The number of hydrogen-bond donors (Lipinski definition) is 2. The summed E-state index contributed by atoms with van der Waals surface area (Å²) in [7, 11) is 0. The third kappa shape index (κ3) is 3.69. The van der Waals surface area contributed by atoms with Gasteiger partial charge < -0.3 is 10.6 Å². The van der Waals surface area contributed by atoms with E-state index in [0.29, 0.717) is 22.4 Å². The molecule has 3 rings (SSSR count). The number of aromatic nitrogens is 2. The average Bonchev–Trinajstić information content (AvgIpc) is 3.07. The van der Waals surface area contributed by atoms with Gasteiger partial charge in [0.05, 0.1) is 6.54 Å². The van der Waals surface area contributed by atoms with Gasteiger partial charge in [-0.1, -0.05) is 29.4 Å². The topological polar surface area (TPSA) is 93.1 Å². The van der Waals surface area contributed by atoms with Crippen LogP contribution in [0.1, 0.15) is 15.9 Å². The van der Waals surface area contributed by atoms with E-state index in [1.54, 1.807) is 25.1 Å². The number of carbonyl (C=O) groups excluding carboxylic acids is 2. The van der Waals surface area contributed by atoms with Gasteiger partial charge in [0.15, 0.2) is 5.16 Å². The van der Waals surface area contributed by atoms with Crippen molar-refractivity contribution in [1.29, 1.82) is 0 Å². The van der Waals surface area contributed by atoms with Crippen LogP contribution in [0.5, 0.6) is 0 Å². The molecule has 0 saturated heterocycles. The Hall–Kier alpha value is -2.32. The third-order valence-electron chi connectivity index (χ3n) is 3.75. The number of anilines is 1. The summed E-state index contributed by atoms with van der Waals surface area (Å²) in [6, 6.07) is 5.16. The van der Waals surface area contributed by atoms with Gasteiger partial charge in [-0.05, 0) is 24.6 Å². The van der Waals surface area contributed by atoms with E-state index < -0.39 is 17.4 Å². The number of nitrogens with zero attached hydrogens (tertiary/aromatic N) is 2. The molecule has 130 valence electrons. The average molecular weight is 379 g/mol. The lowest BCUT2D eigenvalue weighted by atomic mass is 10.2. The maximum absolute atomic E-state index is 12.3. The van der Waals surface area contributed by atoms with Crippen LogP contribution in [0.15, 0.2) is 34.3 Å². The second-order valence-corrected chi connectivity index (χ2v) is 6.87. The molecule has 1 aromatic carbocycles. The summed E-state index contributed by atoms with van der Waals surface area (Å²) in [6.07, 6.45) is 1.25. The number of thioether (sulfide) groups is 1. The predicted molar refractivity (Wildman–Crippen MR) is 96.4 cm³/mol. The molecule has 1 aromatic heterocycles. The van der Waals surface area contributed by atoms with E-state index in [-0.39, 0.29) is 12.1 Å². The number of carbonyl (C=O) groups is 2. The van der Waals surface area contributed by atoms with Crippen LogP contribution in [0.4, 0.5) is 5.69 Å². The van der Waals surface area contributed by atoms with Crippen LogP contribution in [-0.2, 0) is 11.3 Å². The molecule has 7 nitrogen and oxygen atoms in total. The number of hydrogen-bond acceptors (Lipinski definition) is 5. The molecular formula is C16H15ClN4O3S. The highest BCUT2D eigenvalue weighted by molar-refractivity contribution is 7.99. The van der Waals surface area contributed by atoms with Crippen molar-refractivity contribution in [2.45, 2.75) is 18.6 Å². The maximum atomic E-state index is 12.3. The van der Waals surface area contributed by atoms with Crippen molar-refractivity contribution in [3.63, 3.8) is 0 Å². The molecule has 2 amide bonds. The summed E-state index contributed by atoms with van der Waals surface area (Å²) < 4.78 is 1.47. The summed E-state index contributed by atoms with van der Waals surface area (Å²) in [5.41, 5.74) is 0.849. The highest BCUT2D eigenvalue weighted by Gasteiger charge is 2.20. The van der Waals surface area contributed by atoms with E-state index in [1.165, 1.54) is 22.5 Å². The summed E-state index contributed by atoms with van der Waals surface area (Å²) in [5.74, 6) is -0.277. The first kappa shape index (κ1) is 17.5. The molecule has 9 heteroatoms. The molecule has 0 atom stereocenters. The molecule has 1 aliphatic heterocycles. The molecule has 0 fully saturated rings. The van der Waals surface area contributed by atoms with Crippen molar-refractivity contribution in [3.05, 3.63) is 50.9 Å². The Balaban J connectivity index is 1.64. The summed E-state index contributed by atoms with van der Waals surface area (Å²) >= 11 is 7.47. The number of amides is 2. The van der Waals surface area contributed by atoms with Gasteiger partial charge >= 0.3 is 0 Å². The first-order valence-corrected chi connectivity index (χ1v) is 8.89. The minimum absolute atomic E-state index is 0.0713. The second-order valence-electron chi connectivity index (χ2n) is 5.40. The molecule has 0 aliphatic carbocycles. The van der Waals surface area contributed by atoms with Crippen LogP contribution >= 0.6 is 23.4 Å². The number of nitrogens with one attached hydrogen (secondary N) is 2. The van der Waals surface area contributed by atoms with Crippen LogP contribution in [0.3, 0.4) is 0 Å². The fourth-order valence-electron chi connectivity index (χ4n) is 2.37. The molecular weight excluding hydrogens is 364 g/mol. The molecule has 25 heavy (non-hydrogen) atoms. The molecule has 2 aromatic rings. The SMILES string of the molecule is Cc1c(Cl)cccc1NC(=O)CNC(=O)c1cnc2n(c1=O)CCS2. The first-order chi connectivity index (χ1) is 12.0. The minimum Gasteiger partial charge on any atom is -0.343 e. The van der Waals surface area contributed by atoms with E-state index in [0.717, 1.165) is 11.3 Å². The Morgan fingerprint density at radius 3 is 3.00 bits per heavy atom. The van der Waals surface area contributed by atoms with Crippen LogP contribution in [0, 0.1) is 6.92 Å². The molecule has 0 unspecified atom stereocenters. The van der Waals surface area contributed by atoms with Crippen LogP contribution in [-0.4, -0.2) is 33.7 Å². The molecule has 2 heterocycles. The fraction of sp³-hybridized carbons (Fsp3) is 0.250. The quantitative estimate of drug-likeness (QED) is 0.789. The summed E-state index contributed by atoms with van der Waals surface area (Å²) in [4.78, 5) is 40.5. The Morgan fingerprint density at radius 1 is 1.40 bits per heavy atom. The van der Waals surface area contributed by atoms with E-state index in [1.807, 2.05) is 0 Å². The van der Waals surface area contributed by atoms with E-state index in [9.17, 15) is 14.4 Å². The minimum atomic E-state index is -0.623. The van der Waals surface area contributed by atoms with Crippen molar-refractivity contribution in [1.82, 2.24) is 14.9 Å². The summed E-state index contributed by atoms with van der Waals surface area (Å²) in [5, 5.41) is 6.26. The van der Waals surface area contributed by atoms with Crippen LogP contribution < -0.4 is 16.2 Å². The second kappa shape index (κ2) is 7.28. The lowest BCUT2D eigenvalue weighted by molar-refractivity contribution is -0.115. The maximum Gasteiger partial charge on any atom is 0.267 e. The number of fused-ring (bicyclic) bond motifs is 1. The molecule has 0 saturated carbocycles. The zero-order valence-electron chi connectivity index (χ0n) is 13.3. The highest BCUT2D eigenvalue weighted by atomic mass is 35.5. The monoisotopic (exact) mass is 378 g/mol. The van der Waals surface area contributed by atoms with Gasteiger partial charge in [-0.3, -0.25) is 19.0 Å². The number of halogens is 1. The van der Waals surface area contributed by atoms with Crippen molar-refractivity contribution in [2.75, 3.05) is 17.6 Å². The van der Waals surface area contributed by atoms with E-state index >= 15 is 0 Å². The van der Waals surface area contributed by atoms with E-state index in [2.05, 4.69) is 15.6 Å². The van der Waals surface area contributed by atoms with Crippen molar-refractivity contribution in [3.8, 4) is 0 Å². The van der Waals surface area contributed by atoms with E-state index in [4.69, 9.17) is 11.6 Å². The standard InChI is InChI=1S/C16H15ClN4O3S/c1-9-11(17)3-2-4-12(9)20-13(22)8-18-14(23)10-7-19-16-21(15(10)24)5-6-25-16/h2-4,7H,5-6,8H2,1H3,(H,18,23)(H,20,22). The van der Waals surface area contributed by atoms with Crippen LogP contribution in [0.2, 0.25) is 5.02 Å². The lowest BCUT2D eigenvalue weighted by Crippen LogP contribution is -2.37. The zero-order chi connectivity index (χ0) is 18.0. The zero-order valence-corrected chi connectivity index (χ0v) is 14.9. The van der Waals surface area contributed by atoms with Gasteiger partial charge in [0, 0.05) is 29.2 Å². The smallest absolute Gasteiger partial charge is 0.267 e. The highest BCUT2D eigenvalue weighted by Crippen LogP contribution is 2.22. The predicted octanol–water partition coefficient (Wildman–Crippen LogP) is 1.68. The molecule has 0 spiro atoms. The van der Waals surface area contributed by atoms with Gasteiger partial charge in [0.2, 0.25) is 5.91 Å². The van der Waals surface area contributed by atoms with Crippen LogP contribution in [0.25, 0.3) is 0 Å². The van der Waals surface area contributed by atoms with Gasteiger partial charge in [-0.25, -0.2) is 4.98 Å². The Kier molecular flexibility index (Phi) is 5.10. The molecule has 0 radical (unpaired) electrons. The fourth-order valence-corrected chi connectivity index (χ4v) is 3.45. The number of benzene rings is 1. The Morgan fingerprint density at radius 2 is 2.20 bits per heavy atom. The van der Waals surface area contributed by atoms with Gasteiger partial charge in [-0.15, -0.1) is 0 Å². The van der Waals surface area contributed by atoms with Gasteiger partial charge in [0.25, 0.3) is 11.5 Å². The van der Waals surface area contributed by atoms with Crippen molar-refractivity contribution in [2.24, 2.45) is 0 Å². The van der Waals surface area contributed by atoms with Gasteiger partial charge in [0.1, 0.15) is 5.56 Å².